The van der Waals surface area contributed by atoms with Crippen LogP contribution in [-0.2, 0) is 6.54 Å². The number of pyridine rings is 1. The van der Waals surface area contributed by atoms with Crippen LogP contribution in [0.5, 0.6) is 0 Å². The molecule has 0 saturated heterocycles. The number of aromatic amines is 1. The Hall–Kier alpha value is -2.46. The zero-order chi connectivity index (χ0) is 14.7. The van der Waals surface area contributed by atoms with Crippen molar-refractivity contribution in [2.75, 3.05) is 7.05 Å². The lowest BCUT2D eigenvalue weighted by Crippen LogP contribution is -2.05. The summed E-state index contributed by atoms with van der Waals surface area (Å²) in [6.07, 6.45) is 7.83. The average molecular weight is 278 g/mol. The second kappa shape index (κ2) is 5.89. The fourth-order valence-electron chi connectivity index (χ4n) is 2.57. The van der Waals surface area contributed by atoms with Crippen LogP contribution in [0.2, 0.25) is 0 Å². The lowest BCUT2D eigenvalue weighted by Gasteiger charge is -2.09. The summed E-state index contributed by atoms with van der Waals surface area (Å²) in [7, 11) is 1.96. The van der Waals surface area contributed by atoms with Crippen molar-refractivity contribution in [2.24, 2.45) is 0 Å². The topological polar surface area (TPSA) is 53.6 Å². The maximum atomic E-state index is 4.30. The van der Waals surface area contributed by atoms with Gasteiger partial charge in [0, 0.05) is 18.1 Å². The van der Waals surface area contributed by atoms with Crippen LogP contribution in [0.15, 0.2) is 42.7 Å². The van der Waals surface area contributed by atoms with E-state index in [1.54, 1.807) is 0 Å². The van der Waals surface area contributed by atoms with E-state index in [4.69, 9.17) is 0 Å². The smallest absolute Gasteiger partial charge is 0.155 e. The number of aromatic nitrogens is 3. The first-order valence-corrected chi connectivity index (χ1v) is 7.01. The molecule has 0 aliphatic carbocycles. The number of rotatable bonds is 4. The maximum absolute atomic E-state index is 4.30. The predicted octanol–water partition coefficient (Wildman–Crippen LogP) is 3.38. The van der Waals surface area contributed by atoms with Crippen molar-refractivity contribution in [1.29, 1.82) is 0 Å². The van der Waals surface area contributed by atoms with Crippen molar-refractivity contribution in [2.45, 2.75) is 13.5 Å². The molecule has 1 aromatic carbocycles. The van der Waals surface area contributed by atoms with Crippen LogP contribution in [-0.4, -0.2) is 22.2 Å². The van der Waals surface area contributed by atoms with E-state index in [0.717, 1.165) is 23.1 Å². The number of allylic oxidation sites excluding steroid dienone is 1. The first kappa shape index (κ1) is 13.5. The number of hydrogen-bond donors (Lipinski definition) is 2. The second-order valence-electron chi connectivity index (χ2n) is 4.98. The average Bonchev–Trinajstić information content (AvgIpc) is 2.96. The molecule has 0 aliphatic heterocycles. The van der Waals surface area contributed by atoms with Gasteiger partial charge in [-0.15, -0.1) is 0 Å². The van der Waals surface area contributed by atoms with Gasteiger partial charge in [0.05, 0.1) is 6.20 Å². The van der Waals surface area contributed by atoms with E-state index in [-0.39, 0.29) is 0 Å². The molecule has 0 fully saturated rings. The van der Waals surface area contributed by atoms with Crippen LogP contribution in [0.25, 0.3) is 28.2 Å². The molecule has 0 bridgehead atoms. The summed E-state index contributed by atoms with van der Waals surface area (Å²) in [5.41, 5.74) is 5.62. The predicted molar refractivity (Wildman–Crippen MR) is 86.8 cm³/mol. The summed E-state index contributed by atoms with van der Waals surface area (Å²) < 4.78 is 0. The summed E-state index contributed by atoms with van der Waals surface area (Å²) in [6, 6.07) is 8.65. The van der Waals surface area contributed by atoms with Gasteiger partial charge >= 0.3 is 0 Å². The van der Waals surface area contributed by atoms with E-state index < -0.39 is 0 Å². The zero-order valence-corrected chi connectivity index (χ0v) is 12.2. The molecule has 4 heteroatoms. The third-order valence-electron chi connectivity index (χ3n) is 3.42. The minimum Gasteiger partial charge on any atom is -0.316 e. The van der Waals surface area contributed by atoms with Crippen LogP contribution < -0.4 is 5.32 Å². The monoisotopic (exact) mass is 278 g/mol. The van der Waals surface area contributed by atoms with Crippen molar-refractivity contribution in [3.8, 4) is 11.1 Å². The van der Waals surface area contributed by atoms with Gasteiger partial charge in [-0.3, -0.25) is 5.10 Å². The fraction of sp³-hybridized carbons (Fsp3) is 0.176. The molecule has 3 aromatic rings. The van der Waals surface area contributed by atoms with Gasteiger partial charge in [0.1, 0.15) is 0 Å². The fourth-order valence-corrected chi connectivity index (χ4v) is 2.57. The molecule has 2 N–H and O–H groups in total. The molecule has 0 radical (unpaired) electrons. The quantitative estimate of drug-likeness (QED) is 0.769. The molecule has 106 valence electrons. The Morgan fingerprint density at radius 3 is 3.00 bits per heavy atom. The Bertz CT molecular complexity index is 786. The normalized spacial score (nSPS) is 11.5. The molecule has 21 heavy (non-hydrogen) atoms. The van der Waals surface area contributed by atoms with Crippen LogP contribution in [0, 0.1) is 0 Å². The highest BCUT2D eigenvalue weighted by molar-refractivity contribution is 5.92. The molecule has 0 saturated carbocycles. The molecule has 4 nitrogen and oxygen atoms in total. The Labute approximate surface area is 123 Å². The van der Waals surface area contributed by atoms with Crippen molar-refractivity contribution in [1.82, 2.24) is 20.5 Å². The number of benzene rings is 1. The highest BCUT2D eigenvalue weighted by Gasteiger charge is 2.08. The Kier molecular flexibility index (Phi) is 3.79. The summed E-state index contributed by atoms with van der Waals surface area (Å²) in [4.78, 5) is 4.30. The highest BCUT2D eigenvalue weighted by Crippen LogP contribution is 2.28. The van der Waals surface area contributed by atoms with Gasteiger partial charge in [0.2, 0.25) is 0 Å². The minimum absolute atomic E-state index is 0.819. The molecule has 0 spiro atoms. The first-order valence-electron chi connectivity index (χ1n) is 7.01. The van der Waals surface area contributed by atoms with E-state index in [1.165, 1.54) is 16.7 Å². The SMILES string of the molecule is CC=Cc1cc(CNC)cc(-c2ccnc3[nH]ncc23)c1. The molecule has 0 atom stereocenters. The maximum Gasteiger partial charge on any atom is 0.155 e. The number of nitrogens with one attached hydrogen (secondary N) is 2. The van der Waals surface area contributed by atoms with Gasteiger partial charge in [0.15, 0.2) is 5.65 Å². The van der Waals surface area contributed by atoms with Crippen LogP contribution in [0.1, 0.15) is 18.1 Å². The number of nitrogens with zero attached hydrogens (tertiary/aromatic N) is 2. The number of H-pyrrole nitrogens is 1. The lowest BCUT2D eigenvalue weighted by atomic mass is 9.98. The van der Waals surface area contributed by atoms with E-state index in [2.05, 4.69) is 50.8 Å². The largest absolute Gasteiger partial charge is 0.316 e. The van der Waals surface area contributed by atoms with Crippen molar-refractivity contribution >= 4 is 17.1 Å². The van der Waals surface area contributed by atoms with Gasteiger partial charge in [-0.05, 0) is 54.4 Å². The molecule has 3 rings (SSSR count). The van der Waals surface area contributed by atoms with Crippen LogP contribution >= 0.6 is 0 Å². The van der Waals surface area contributed by atoms with E-state index in [1.807, 2.05) is 32.4 Å². The van der Waals surface area contributed by atoms with Gasteiger partial charge in [-0.1, -0.05) is 18.2 Å². The van der Waals surface area contributed by atoms with E-state index in [9.17, 15) is 0 Å². The van der Waals surface area contributed by atoms with Crippen molar-refractivity contribution in [3.05, 3.63) is 53.9 Å². The Morgan fingerprint density at radius 1 is 1.29 bits per heavy atom. The van der Waals surface area contributed by atoms with Crippen LogP contribution in [0.4, 0.5) is 0 Å². The van der Waals surface area contributed by atoms with Gasteiger partial charge in [-0.2, -0.15) is 5.10 Å². The van der Waals surface area contributed by atoms with Crippen LogP contribution in [0.3, 0.4) is 0 Å². The summed E-state index contributed by atoms with van der Waals surface area (Å²) in [6.45, 7) is 2.88. The molecular weight excluding hydrogens is 260 g/mol. The van der Waals surface area contributed by atoms with Gasteiger partial charge < -0.3 is 5.32 Å². The third-order valence-corrected chi connectivity index (χ3v) is 3.42. The molecule has 2 aromatic heterocycles. The minimum atomic E-state index is 0.819. The van der Waals surface area contributed by atoms with Gasteiger partial charge in [0.25, 0.3) is 0 Å². The summed E-state index contributed by atoms with van der Waals surface area (Å²) in [5.74, 6) is 0. The second-order valence-corrected chi connectivity index (χ2v) is 4.98. The lowest BCUT2D eigenvalue weighted by molar-refractivity contribution is 0.818. The zero-order valence-electron chi connectivity index (χ0n) is 12.2. The van der Waals surface area contributed by atoms with Crippen molar-refractivity contribution < 1.29 is 0 Å². The standard InChI is InChI=1S/C17H18N4/c1-3-4-12-7-13(10-18-2)9-14(8-12)15-5-6-19-17-16(15)11-20-21-17/h3-9,11,18H,10H2,1-2H3,(H,19,20,21). The highest BCUT2D eigenvalue weighted by atomic mass is 15.1. The number of fused-ring (bicyclic) bond motifs is 1. The Balaban J connectivity index is 2.18. The third kappa shape index (κ3) is 2.71. The Morgan fingerprint density at radius 2 is 2.19 bits per heavy atom. The van der Waals surface area contributed by atoms with Crippen molar-refractivity contribution in [3.63, 3.8) is 0 Å². The molecule has 0 aliphatic rings. The molecule has 2 heterocycles. The summed E-state index contributed by atoms with van der Waals surface area (Å²) in [5, 5.41) is 11.3. The summed E-state index contributed by atoms with van der Waals surface area (Å²) >= 11 is 0. The van der Waals surface area contributed by atoms with Gasteiger partial charge in [-0.25, -0.2) is 4.98 Å². The molecule has 0 unspecified atom stereocenters. The molecular formula is C17H18N4. The number of hydrogen-bond acceptors (Lipinski definition) is 3. The van der Waals surface area contributed by atoms with E-state index >= 15 is 0 Å². The molecule has 0 amide bonds. The first-order chi connectivity index (χ1) is 10.3. The van der Waals surface area contributed by atoms with E-state index in [0.29, 0.717) is 0 Å².